The number of nitrogens with one attached hydrogen (secondary N) is 1. The molecule has 0 fully saturated rings. The van der Waals surface area contributed by atoms with E-state index in [4.69, 9.17) is 5.11 Å². The van der Waals surface area contributed by atoms with Gasteiger partial charge in [-0.1, -0.05) is 30.3 Å². The highest BCUT2D eigenvalue weighted by molar-refractivity contribution is 5.97. The number of aliphatic carboxylic acids is 1. The van der Waals surface area contributed by atoms with Gasteiger partial charge in [0, 0.05) is 24.9 Å². The van der Waals surface area contributed by atoms with Gasteiger partial charge >= 0.3 is 5.97 Å². The summed E-state index contributed by atoms with van der Waals surface area (Å²) in [5.74, 6) is -1.39. The van der Waals surface area contributed by atoms with Crippen molar-refractivity contribution in [3.05, 3.63) is 35.9 Å². The monoisotopic (exact) mass is 277 g/mol. The van der Waals surface area contributed by atoms with E-state index in [-0.39, 0.29) is 31.1 Å². The summed E-state index contributed by atoms with van der Waals surface area (Å²) in [7, 11) is 0. The van der Waals surface area contributed by atoms with E-state index in [1.807, 2.05) is 6.07 Å². The summed E-state index contributed by atoms with van der Waals surface area (Å²) in [4.78, 5) is 34.3. The number of ketones is 1. The number of rotatable bonds is 7. The fourth-order valence-corrected chi connectivity index (χ4v) is 1.48. The van der Waals surface area contributed by atoms with Crippen molar-refractivity contribution in [2.24, 2.45) is 5.41 Å². The predicted octanol–water partition coefficient (Wildman–Crippen LogP) is 1.88. The number of Topliss-reactive ketones (excluding diaryl/α,β-unsaturated/α-hetero) is 1. The maximum Gasteiger partial charge on any atom is 0.310 e. The van der Waals surface area contributed by atoms with E-state index in [2.05, 4.69) is 5.32 Å². The van der Waals surface area contributed by atoms with Crippen LogP contribution in [0.25, 0.3) is 0 Å². The van der Waals surface area contributed by atoms with Crippen molar-refractivity contribution in [2.75, 3.05) is 6.54 Å². The van der Waals surface area contributed by atoms with Gasteiger partial charge in [-0.05, 0) is 13.8 Å². The van der Waals surface area contributed by atoms with Crippen LogP contribution in [0.15, 0.2) is 30.3 Å². The van der Waals surface area contributed by atoms with Crippen LogP contribution in [0.4, 0.5) is 0 Å². The molecule has 0 aliphatic rings. The van der Waals surface area contributed by atoms with Gasteiger partial charge in [-0.15, -0.1) is 0 Å². The first kappa shape index (κ1) is 15.9. The van der Waals surface area contributed by atoms with Crippen molar-refractivity contribution >= 4 is 17.7 Å². The van der Waals surface area contributed by atoms with Crippen LogP contribution in [0.2, 0.25) is 0 Å². The Morgan fingerprint density at radius 2 is 1.70 bits per heavy atom. The van der Waals surface area contributed by atoms with Crippen LogP contribution in [-0.4, -0.2) is 29.3 Å². The normalized spacial score (nSPS) is 10.9. The molecule has 0 radical (unpaired) electrons. The Labute approximate surface area is 118 Å². The summed E-state index contributed by atoms with van der Waals surface area (Å²) in [6.45, 7) is 3.11. The maximum absolute atomic E-state index is 11.8. The van der Waals surface area contributed by atoms with Gasteiger partial charge in [-0.25, -0.2) is 0 Å². The summed E-state index contributed by atoms with van der Waals surface area (Å²) in [5, 5.41) is 11.5. The minimum atomic E-state index is -1.01. The Kier molecular flexibility index (Phi) is 5.43. The van der Waals surface area contributed by atoms with Gasteiger partial charge < -0.3 is 10.4 Å². The van der Waals surface area contributed by atoms with Crippen LogP contribution >= 0.6 is 0 Å². The number of benzene rings is 1. The van der Waals surface area contributed by atoms with Crippen LogP contribution in [-0.2, 0) is 9.59 Å². The summed E-state index contributed by atoms with van der Waals surface area (Å²) >= 11 is 0. The highest BCUT2D eigenvalue weighted by atomic mass is 16.4. The van der Waals surface area contributed by atoms with Crippen molar-refractivity contribution in [1.82, 2.24) is 5.32 Å². The smallest absolute Gasteiger partial charge is 0.310 e. The Bertz CT molecular complexity index is 494. The van der Waals surface area contributed by atoms with E-state index in [1.165, 1.54) is 13.8 Å². The van der Waals surface area contributed by atoms with Crippen LogP contribution in [0.3, 0.4) is 0 Å². The fourth-order valence-electron chi connectivity index (χ4n) is 1.48. The molecule has 0 aliphatic carbocycles. The topological polar surface area (TPSA) is 83.5 Å². The summed E-state index contributed by atoms with van der Waals surface area (Å²) in [5.41, 5.74) is -0.440. The lowest BCUT2D eigenvalue weighted by atomic mass is 9.94. The third-order valence-corrected chi connectivity index (χ3v) is 2.98. The van der Waals surface area contributed by atoms with Crippen molar-refractivity contribution in [1.29, 1.82) is 0 Å². The molecule has 5 heteroatoms. The van der Waals surface area contributed by atoms with E-state index in [0.29, 0.717) is 5.56 Å². The number of carboxylic acid groups (broad SMARTS) is 1. The second kappa shape index (κ2) is 6.84. The molecule has 0 spiro atoms. The van der Waals surface area contributed by atoms with E-state index >= 15 is 0 Å². The average Bonchev–Trinajstić information content (AvgIpc) is 2.43. The first-order chi connectivity index (χ1) is 9.33. The molecule has 0 saturated heterocycles. The molecule has 0 aliphatic heterocycles. The summed E-state index contributed by atoms with van der Waals surface area (Å²) in [6.07, 6.45) is 0.173. The Morgan fingerprint density at radius 3 is 2.25 bits per heavy atom. The number of carbonyl (C=O) groups is 3. The van der Waals surface area contributed by atoms with E-state index < -0.39 is 11.4 Å². The molecule has 0 aromatic heterocycles. The lowest BCUT2D eigenvalue weighted by Gasteiger charge is -2.19. The highest BCUT2D eigenvalue weighted by Gasteiger charge is 2.27. The summed E-state index contributed by atoms with van der Waals surface area (Å²) < 4.78 is 0. The van der Waals surface area contributed by atoms with E-state index in [9.17, 15) is 14.4 Å². The third kappa shape index (κ3) is 4.84. The average molecular weight is 277 g/mol. The zero-order valence-corrected chi connectivity index (χ0v) is 11.7. The third-order valence-electron chi connectivity index (χ3n) is 2.98. The van der Waals surface area contributed by atoms with E-state index in [0.717, 1.165) is 0 Å². The van der Waals surface area contributed by atoms with Gasteiger partial charge in [-0.2, -0.15) is 0 Å². The Morgan fingerprint density at radius 1 is 1.10 bits per heavy atom. The molecular weight excluding hydrogens is 258 g/mol. The number of hydrogen-bond acceptors (Lipinski definition) is 3. The molecule has 0 unspecified atom stereocenters. The lowest BCUT2D eigenvalue weighted by molar-refractivity contribution is -0.146. The van der Waals surface area contributed by atoms with Crippen LogP contribution in [0, 0.1) is 5.41 Å². The van der Waals surface area contributed by atoms with Gasteiger partial charge in [0.15, 0.2) is 5.78 Å². The van der Waals surface area contributed by atoms with Crippen molar-refractivity contribution < 1.29 is 19.5 Å². The second-order valence-corrected chi connectivity index (χ2v) is 5.25. The second-order valence-electron chi connectivity index (χ2n) is 5.25. The van der Waals surface area contributed by atoms with Crippen LogP contribution in [0.5, 0.6) is 0 Å². The van der Waals surface area contributed by atoms with Crippen molar-refractivity contribution in [2.45, 2.75) is 26.7 Å². The standard InChI is InChI=1S/C15H19NO4/c1-15(2,14(19)20)10-16-13(18)9-8-12(17)11-6-4-3-5-7-11/h3-7H,8-10H2,1-2H3,(H,16,18)(H,19,20). The molecule has 0 atom stereocenters. The van der Waals surface area contributed by atoms with Gasteiger partial charge in [-0.3, -0.25) is 14.4 Å². The van der Waals surface area contributed by atoms with Gasteiger partial charge in [0.05, 0.1) is 5.41 Å². The van der Waals surface area contributed by atoms with Gasteiger partial charge in [0.2, 0.25) is 5.91 Å². The van der Waals surface area contributed by atoms with Crippen LogP contribution in [0.1, 0.15) is 37.0 Å². The highest BCUT2D eigenvalue weighted by Crippen LogP contribution is 2.13. The molecule has 5 nitrogen and oxygen atoms in total. The molecular formula is C15H19NO4. The number of amides is 1. The predicted molar refractivity (Wildman–Crippen MR) is 74.4 cm³/mol. The first-order valence-corrected chi connectivity index (χ1v) is 6.41. The van der Waals surface area contributed by atoms with Crippen LogP contribution < -0.4 is 5.32 Å². The molecule has 1 aromatic rings. The molecule has 1 amide bonds. The minimum Gasteiger partial charge on any atom is -0.481 e. The van der Waals surface area contributed by atoms with Crippen molar-refractivity contribution in [3.63, 3.8) is 0 Å². The molecule has 20 heavy (non-hydrogen) atoms. The molecule has 1 aromatic carbocycles. The van der Waals surface area contributed by atoms with E-state index in [1.54, 1.807) is 24.3 Å². The number of carboxylic acids is 1. The maximum atomic E-state index is 11.8. The summed E-state index contributed by atoms with van der Waals surface area (Å²) in [6, 6.07) is 8.75. The number of hydrogen-bond donors (Lipinski definition) is 2. The van der Waals surface area contributed by atoms with Gasteiger partial charge in [0.1, 0.15) is 0 Å². The lowest BCUT2D eigenvalue weighted by Crippen LogP contribution is -2.38. The SMILES string of the molecule is CC(C)(CNC(=O)CCC(=O)c1ccccc1)C(=O)O. The molecule has 108 valence electrons. The molecule has 2 N–H and O–H groups in total. The first-order valence-electron chi connectivity index (χ1n) is 6.41. The molecule has 0 heterocycles. The fraction of sp³-hybridized carbons (Fsp3) is 0.400. The molecule has 1 rings (SSSR count). The Hall–Kier alpha value is -2.17. The zero-order chi connectivity index (χ0) is 15.2. The largest absolute Gasteiger partial charge is 0.481 e. The molecule has 0 saturated carbocycles. The molecule has 0 bridgehead atoms. The minimum absolute atomic E-state index is 0.0424. The quantitative estimate of drug-likeness (QED) is 0.745. The number of carbonyl (C=O) groups excluding carboxylic acids is 2. The Balaban J connectivity index is 2.37. The van der Waals surface area contributed by atoms with Crippen molar-refractivity contribution in [3.8, 4) is 0 Å². The van der Waals surface area contributed by atoms with Gasteiger partial charge in [0.25, 0.3) is 0 Å². The zero-order valence-electron chi connectivity index (χ0n) is 11.7.